The van der Waals surface area contributed by atoms with Crippen LogP contribution in [0.5, 0.6) is 11.5 Å². The van der Waals surface area contributed by atoms with Crippen LogP contribution in [0.15, 0.2) is 97.1 Å². The zero-order valence-electron chi connectivity index (χ0n) is 17.7. The van der Waals surface area contributed by atoms with Crippen LogP contribution in [0.3, 0.4) is 0 Å². The average molecular weight is 468 g/mol. The molecule has 3 aromatic carbocycles. The summed E-state index contributed by atoms with van der Waals surface area (Å²) in [6, 6.07) is 23.5. The van der Waals surface area contributed by atoms with Gasteiger partial charge >= 0.3 is 0 Å². The molecular weight excluding hydrogens is 450 g/mol. The lowest BCUT2D eigenvalue weighted by Crippen LogP contribution is -2.54. The Morgan fingerprint density at radius 3 is 2.21 bits per heavy atom. The van der Waals surface area contributed by atoms with Crippen molar-refractivity contribution >= 4 is 40.9 Å². The largest absolute Gasteiger partial charge is 0.457 e. The fourth-order valence-electron chi connectivity index (χ4n) is 3.41. The van der Waals surface area contributed by atoms with E-state index in [-0.39, 0.29) is 10.7 Å². The highest BCUT2D eigenvalue weighted by Crippen LogP contribution is 2.27. The molecule has 1 saturated heterocycles. The van der Waals surface area contributed by atoms with Gasteiger partial charge in [0.05, 0.1) is 11.4 Å². The average Bonchev–Trinajstić information content (AvgIpc) is 3.39. The molecule has 5 rings (SSSR count). The van der Waals surface area contributed by atoms with Gasteiger partial charge in [-0.2, -0.15) is 5.10 Å². The Hall–Kier alpha value is -4.63. The van der Waals surface area contributed by atoms with E-state index in [1.807, 2.05) is 42.5 Å². The second-order valence-corrected chi connectivity index (χ2v) is 7.69. The molecule has 1 aliphatic rings. The first-order chi connectivity index (χ1) is 16.6. The van der Waals surface area contributed by atoms with Crippen LogP contribution in [-0.4, -0.2) is 31.7 Å². The van der Waals surface area contributed by atoms with E-state index in [9.17, 15) is 9.59 Å². The minimum atomic E-state index is -0.546. The maximum Gasteiger partial charge on any atom is 0.270 e. The number of benzene rings is 3. The summed E-state index contributed by atoms with van der Waals surface area (Å²) in [7, 11) is 0. The molecule has 0 radical (unpaired) electrons. The fraction of sp³-hybridized carbons (Fsp3) is 0. The topological polar surface area (TPSA) is 89.4 Å². The van der Waals surface area contributed by atoms with E-state index in [2.05, 4.69) is 15.4 Å². The molecular formula is C25H17N5O3S. The third-order valence-corrected chi connectivity index (χ3v) is 5.35. The van der Waals surface area contributed by atoms with Gasteiger partial charge in [-0.05, 0) is 72.4 Å². The van der Waals surface area contributed by atoms with Gasteiger partial charge in [0.1, 0.15) is 29.7 Å². The quantitative estimate of drug-likeness (QED) is 0.272. The van der Waals surface area contributed by atoms with Crippen molar-refractivity contribution in [2.24, 2.45) is 0 Å². The number of amides is 2. The van der Waals surface area contributed by atoms with Crippen molar-refractivity contribution in [2.45, 2.75) is 0 Å². The van der Waals surface area contributed by atoms with Crippen LogP contribution in [0.1, 0.15) is 5.56 Å². The molecule has 1 fully saturated rings. The van der Waals surface area contributed by atoms with Crippen LogP contribution in [0.2, 0.25) is 0 Å². The van der Waals surface area contributed by atoms with Crippen LogP contribution < -0.4 is 15.0 Å². The summed E-state index contributed by atoms with van der Waals surface area (Å²) >= 11 is 5.28. The summed E-state index contributed by atoms with van der Waals surface area (Å²) in [4.78, 5) is 31.0. The number of hydrogen-bond donors (Lipinski definition) is 1. The Kier molecular flexibility index (Phi) is 5.67. The number of carbonyl (C=O) groups is 2. The van der Waals surface area contributed by atoms with Gasteiger partial charge in [0.25, 0.3) is 11.8 Å². The maximum absolute atomic E-state index is 13.2. The van der Waals surface area contributed by atoms with Crippen LogP contribution in [-0.2, 0) is 9.59 Å². The third-order valence-electron chi connectivity index (χ3n) is 5.06. The van der Waals surface area contributed by atoms with E-state index in [1.165, 1.54) is 17.3 Å². The molecule has 0 aliphatic carbocycles. The second kappa shape index (κ2) is 9.08. The van der Waals surface area contributed by atoms with Gasteiger partial charge in [0.15, 0.2) is 5.11 Å². The Labute approximate surface area is 200 Å². The Morgan fingerprint density at radius 1 is 0.853 bits per heavy atom. The molecule has 0 unspecified atom stereocenters. The molecule has 0 bridgehead atoms. The summed E-state index contributed by atoms with van der Waals surface area (Å²) in [5, 5.41) is 6.69. The lowest BCUT2D eigenvalue weighted by molar-refractivity contribution is -0.122. The lowest BCUT2D eigenvalue weighted by atomic mass is 10.1. The maximum atomic E-state index is 13.2. The normalized spacial score (nSPS) is 14.9. The SMILES string of the molecule is O=C1NC(=S)N(c2ccc(Oc3ccccc3)cc2)C(=O)C1=Cc1ccc(-n2cncn2)cc1. The Bertz CT molecular complexity index is 1380. The lowest BCUT2D eigenvalue weighted by Gasteiger charge is -2.29. The molecule has 1 N–H and O–H groups in total. The molecule has 2 amide bonds. The first-order valence-electron chi connectivity index (χ1n) is 10.3. The number of ether oxygens (including phenoxy) is 1. The van der Waals surface area contributed by atoms with Crippen LogP contribution in [0.4, 0.5) is 5.69 Å². The van der Waals surface area contributed by atoms with E-state index in [0.29, 0.717) is 22.7 Å². The van der Waals surface area contributed by atoms with Crippen molar-refractivity contribution in [1.29, 1.82) is 0 Å². The van der Waals surface area contributed by atoms with Gasteiger partial charge < -0.3 is 4.74 Å². The molecule has 166 valence electrons. The summed E-state index contributed by atoms with van der Waals surface area (Å²) < 4.78 is 7.41. The summed E-state index contributed by atoms with van der Waals surface area (Å²) in [5.74, 6) is 0.256. The summed E-state index contributed by atoms with van der Waals surface area (Å²) in [6.07, 6.45) is 4.56. The fourth-order valence-corrected chi connectivity index (χ4v) is 3.69. The van der Waals surface area contributed by atoms with E-state index in [0.717, 1.165) is 5.69 Å². The number of nitrogens with one attached hydrogen (secondary N) is 1. The number of aromatic nitrogens is 3. The first-order valence-corrected chi connectivity index (χ1v) is 10.7. The highest BCUT2D eigenvalue weighted by molar-refractivity contribution is 7.80. The number of carbonyl (C=O) groups excluding carboxylic acids is 2. The molecule has 2 heterocycles. The standard InChI is InChI=1S/C25H17N5O3S/c31-23-22(14-17-6-8-18(9-7-17)29-16-26-15-27-29)24(32)30(25(34)28-23)19-10-12-21(13-11-19)33-20-4-2-1-3-5-20/h1-16H,(H,28,31,34). The molecule has 8 nitrogen and oxygen atoms in total. The van der Waals surface area contributed by atoms with Gasteiger partial charge in [0, 0.05) is 0 Å². The van der Waals surface area contributed by atoms with Crippen molar-refractivity contribution in [2.75, 3.05) is 4.90 Å². The minimum absolute atomic E-state index is 0.0189. The zero-order chi connectivity index (χ0) is 23.5. The van der Waals surface area contributed by atoms with Crippen molar-refractivity contribution in [3.63, 3.8) is 0 Å². The first kappa shape index (κ1) is 21.2. The number of anilines is 1. The Morgan fingerprint density at radius 2 is 1.53 bits per heavy atom. The van der Waals surface area contributed by atoms with Gasteiger partial charge in [-0.15, -0.1) is 0 Å². The van der Waals surface area contributed by atoms with Crippen molar-refractivity contribution in [1.82, 2.24) is 20.1 Å². The van der Waals surface area contributed by atoms with Crippen molar-refractivity contribution < 1.29 is 14.3 Å². The molecule has 0 saturated carbocycles. The van der Waals surface area contributed by atoms with Crippen molar-refractivity contribution in [3.8, 4) is 17.2 Å². The molecule has 4 aromatic rings. The summed E-state index contributed by atoms with van der Waals surface area (Å²) in [5.41, 5.74) is 1.98. The molecule has 0 atom stereocenters. The van der Waals surface area contributed by atoms with E-state index in [4.69, 9.17) is 17.0 Å². The Balaban J connectivity index is 1.38. The van der Waals surface area contributed by atoms with Gasteiger partial charge in [0.2, 0.25) is 0 Å². The van der Waals surface area contributed by atoms with E-state index < -0.39 is 11.8 Å². The van der Waals surface area contributed by atoms with Gasteiger partial charge in [-0.1, -0.05) is 30.3 Å². The minimum Gasteiger partial charge on any atom is -0.457 e. The van der Waals surface area contributed by atoms with Crippen LogP contribution in [0, 0.1) is 0 Å². The number of nitrogens with zero attached hydrogens (tertiary/aromatic N) is 4. The number of para-hydroxylation sites is 1. The van der Waals surface area contributed by atoms with Crippen LogP contribution >= 0.6 is 12.2 Å². The number of rotatable bonds is 5. The van der Waals surface area contributed by atoms with Crippen LogP contribution in [0.25, 0.3) is 11.8 Å². The zero-order valence-corrected chi connectivity index (χ0v) is 18.5. The van der Waals surface area contributed by atoms with E-state index >= 15 is 0 Å². The number of thiocarbonyl (C=S) groups is 1. The second-order valence-electron chi connectivity index (χ2n) is 7.30. The van der Waals surface area contributed by atoms with E-state index in [1.54, 1.807) is 47.4 Å². The predicted octanol–water partition coefficient (Wildman–Crippen LogP) is 3.89. The van der Waals surface area contributed by atoms with Crippen molar-refractivity contribution in [3.05, 3.63) is 103 Å². The molecule has 0 spiro atoms. The molecule has 1 aliphatic heterocycles. The monoisotopic (exact) mass is 467 g/mol. The number of hydrogen-bond acceptors (Lipinski definition) is 6. The summed E-state index contributed by atoms with van der Waals surface area (Å²) in [6.45, 7) is 0. The predicted molar refractivity (Wildman–Crippen MR) is 131 cm³/mol. The molecule has 9 heteroatoms. The molecule has 34 heavy (non-hydrogen) atoms. The highest BCUT2D eigenvalue weighted by atomic mass is 32.1. The molecule has 1 aromatic heterocycles. The van der Waals surface area contributed by atoms with Gasteiger partial charge in [-0.25, -0.2) is 9.67 Å². The highest BCUT2D eigenvalue weighted by Gasteiger charge is 2.34. The smallest absolute Gasteiger partial charge is 0.270 e. The van der Waals surface area contributed by atoms with Gasteiger partial charge in [-0.3, -0.25) is 19.8 Å². The third kappa shape index (κ3) is 4.32.